The maximum Gasteiger partial charge on any atom is 0.272 e. The molecule has 7 nitrogen and oxygen atoms in total. The van der Waals surface area contributed by atoms with E-state index in [1.54, 1.807) is 12.5 Å². The Labute approximate surface area is 169 Å². The van der Waals surface area contributed by atoms with Gasteiger partial charge < -0.3 is 10.2 Å². The van der Waals surface area contributed by atoms with E-state index in [4.69, 9.17) is 0 Å². The van der Waals surface area contributed by atoms with Crippen molar-refractivity contribution in [1.82, 2.24) is 19.4 Å². The fourth-order valence-corrected chi connectivity index (χ4v) is 3.44. The molecule has 3 aromatic rings. The molecule has 0 spiro atoms. The van der Waals surface area contributed by atoms with Crippen molar-refractivity contribution < 1.29 is 9.59 Å². The van der Waals surface area contributed by atoms with Gasteiger partial charge in [-0.1, -0.05) is 36.4 Å². The number of rotatable bonds is 5. The SMILES string of the molecule is O=C(CN1CCN(C(=O)c2cncn2-c2ccccc2)CC1)Nc1ccccc1. The maximum absolute atomic E-state index is 13.0. The first-order valence-corrected chi connectivity index (χ1v) is 9.65. The summed E-state index contributed by atoms with van der Waals surface area (Å²) in [6, 6.07) is 19.1. The van der Waals surface area contributed by atoms with Crippen molar-refractivity contribution in [3.8, 4) is 5.69 Å². The van der Waals surface area contributed by atoms with Crippen LogP contribution in [-0.2, 0) is 4.79 Å². The third-order valence-corrected chi connectivity index (χ3v) is 4.98. The van der Waals surface area contributed by atoms with E-state index in [1.807, 2.05) is 70.1 Å². The number of carbonyl (C=O) groups is 2. The molecule has 1 fully saturated rings. The number of amides is 2. The van der Waals surface area contributed by atoms with Crippen LogP contribution >= 0.6 is 0 Å². The number of anilines is 1. The molecule has 1 aromatic heterocycles. The maximum atomic E-state index is 13.0. The number of hydrogen-bond acceptors (Lipinski definition) is 4. The van der Waals surface area contributed by atoms with Crippen LogP contribution < -0.4 is 5.32 Å². The molecule has 1 aliphatic heterocycles. The normalized spacial score (nSPS) is 14.6. The van der Waals surface area contributed by atoms with Gasteiger partial charge >= 0.3 is 0 Å². The lowest BCUT2D eigenvalue weighted by atomic mass is 10.2. The highest BCUT2D eigenvalue weighted by molar-refractivity contribution is 5.93. The molecule has 7 heteroatoms. The van der Waals surface area contributed by atoms with E-state index < -0.39 is 0 Å². The minimum atomic E-state index is -0.0434. The fourth-order valence-electron chi connectivity index (χ4n) is 3.44. The average molecular weight is 389 g/mol. The van der Waals surface area contributed by atoms with Crippen molar-refractivity contribution in [3.63, 3.8) is 0 Å². The quantitative estimate of drug-likeness (QED) is 0.727. The first kappa shape index (κ1) is 18.9. The highest BCUT2D eigenvalue weighted by Crippen LogP contribution is 2.14. The second kappa shape index (κ2) is 8.70. The Hall–Kier alpha value is -3.45. The van der Waals surface area contributed by atoms with Crippen LogP contribution in [0.25, 0.3) is 5.69 Å². The summed E-state index contributed by atoms with van der Waals surface area (Å²) in [5.74, 6) is -0.0853. The summed E-state index contributed by atoms with van der Waals surface area (Å²) in [6.07, 6.45) is 3.27. The molecule has 2 amide bonds. The number of aromatic nitrogens is 2. The predicted molar refractivity (Wildman–Crippen MR) is 111 cm³/mol. The van der Waals surface area contributed by atoms with Crippen LogP contribution in [0.1, 0.15) is 10.5 Å². The zero-order valence-corrected chi connectivity index (χ0v) is 16.1. The van der Waals surface area contributed by atoms with Crippen molar-refractivity contribution in [2.45, 2.75) is 0 Å². The fraction of sp³-hybridized carbons (Fsp3) is 0.227. The van der Waals surface area contributed by atoms with Crippen LogP contribution in [0.4, 0.5) is 5.69 Å². The van der Waals surface area contributed by atoms with Crippen molar-refractivity contribution >= 4 is 17.5 Å². The van der Waals surface area contributed by atoms with E-state index >= 15 is 0 Å². The van der Waals surface area contributed by atoms with Gasteiger partial charge in [0.2, 0.25) is 5.91 Å². The van der Waals surface area contributed by atoms with Crippen LogP contribution in [0, 0.1) is 0 Å². The number of hydrogen-bond donors (Lipinski definition) is 1. The highest BCUT2D eigenvalue weighted by atomic mass is 16.2. The molecule has 2 heterocycles. The zero-order valence-electron chi connectivity index (χ0n) is 16.1. The molecular formula is C22H23N5O2. The summed E-state index contributed by atoms with van der Waals surface area (Å²) in [6.45, 7) is 2.80. The molecule has 148 valence electrons. The zero-order chi connectivity index (χ0) is 20.1. The average Bonchev–Trinajstić information content (AvgIpc) is 3.25. The van der Waals surface area contributed by atoms with Gasteiger partial charge in [-0.05, 0) is 24.3 Å². The molecule has 1 aliphatic rings. The number of nitrogens with zero attached hydrogens (tertiary/aromatic N) is 4. The van der Waals surface area contributed by atoms with E-state index in [0.29, 0.717) is 38.4 Å². The number of nitrogens with one attached hydrogen (secondary N) is 1. The smallest absolute Gasteiger partial charge is 0.272 e. The molecule has 0 radical (unpaired) electrons. The standard InChI is InChI=1S/C22H23N5O2/c28-21(24-18-7-3-1-4-8-18)16-25-11-13-26(14-12-25)22(29)20-15-23-17-27(20)19-9-5-2-6-10-19/h1-10,15,17H,11-14,16H2,(H,24,28). The van der Waals surface area contributed by atoms with Crippen LogP contribution in [0.3, 0.4) is 0 Å². The lowest BCUT2D eigenvalue weighted by Crippen LogP contribution is -2.50. The van der Waals surface area contributed by atoms with Crippen molar-refractivity contribution in [3.05, 3.63) is 78.9 Å². The molecule has 4 rings (SSSR count). The van der Waals surface area contributed by atoms with Crippen molar-refractivity contribution in [2.75, 3.05) is 38.0 Å². The van der Waals surface area contributed by atoms with Gasteiger partial charge in [0.05, 0.1) is 19.1 Å². The Morgan fingerprint density at radius 1 is 0.897 bits per heavy atom. The topological polar surface area (TPSA) is 70.5 Å². The molecule has 2 aromatic carbocycles. The highest BCUT2D eigenvalue weighted by Gasteiger charge is 2.25. The monoisotopic (exact) mass is 389 g/mol. The number of imidazole rings is 1. The minimum Gasteiger partial charge on any atom is -0.335 e. The summed E-state index contributed by atoms with van der Waals surface area (Å²) in [5, 5.41) is 2.90. The Bertz CT molecular complexity index is 963. The molecule has 1 saturated heterocycles. The summed E-state index contributed by atoms with van der Waals surface area (Å²) < 4.78 is 1.81. The largest absolute Gasteiger partial charge is 0.335 e. The van der Waals surface area contributed by atoms with E-state index in [2.05, 4.69) is 15.2 Å². The lowest BCUT2D eigenvalue weighted by molar-refractivity contribution is -0.117. The van der Waals surface area contributed by atoms with Gasteiger partial charge in [-0.2, -0.15) is 0 Å². The summed E-state index contributed by atoms with van der Waals surface area (Å²) in [7, 11) is 0. The van der Waals surface area contributed by atoms with Crippen LogP contribution in [-0.4, -0.2) is 63.9 Å². The molecular weight excluding hydrogens is 366 g/mol. The molecule has 0 atom stereocenters. The van der Waals surface area contributed by atoms with Crippen LogP contribution in [0.2, 0.25) is 0 Å². The molecule has 0 unspecified atom stereocenters. The van der Waals surface area contributed by atoms with Gasteiger partial charge in [0.1, 0.15) is 5.69 Å². The molecule has 29 heavy (non-hydrogen) atoms. The summed E-state index contributed by atoms with van der Waals surface area (Å²) >= 11 is 0. The van der Waals surface area contributed by atoms with Gasteiger partial charge in [-0.15, -0.1) is 0 Å². The van der Waals surface area contributed by atoms with Crippen LogP contribution in [0.15, 0.2) is 73.2 Å². The first-order valence-electron chi connectivity index (χ1n) is 9.65. The Balaban J connectivity index is 1.33. The van der Waals surface area contributed by atoms with Crippen molar-refractivity contribution in [2.24, 2.45) is 0 Å². The molecule has 1 N–H and O–H groups in total. The van der Waals surface area contributed by atoms with E-state index in [0.717, 1.165) is 11.4 Å². The number of piperazine rings is 1. The van der Waals surface area contributed by atoms with Gasteiger partial charge in [0.25, 0.3) is 5.91 Å². The second-order valence-corrected chi connectivity index (χ2v) is 6.97. The third kappa shape index (κ3) is 4.52. The Morgan fingerprint density at radius 3 is 2.24 bits per heavy atom. The molecule has 0 aliphatic carbocycles. The van der Waals surface area contributed by atoms with E-state index in [-0.39, 0.29) is 11.8 Å². The second-order valence-electron chi connectivity index (χ2n) is 6.97. The summed E-state index contributed by atoms with van der Waals surface area (Å²) in [4.78, 5) is 33.3. The van der Waals surface area contributed by atoms with Gasteiger partial charge in [-0.3, -0.25) is 19.1 Å². The molecule has 0 bridgehead atoms. The van der Waals surface area contributed by atoms with Gasteiger partial charge in [0.15, 0.2) is 0 Å². The molecule has 0 saturated carbocycles. The number of carbonyl (C=O) groups excluding carboxylic acids is 2. The predicted octanol–water partition coefficient (Wildman–Crippen LogP) is 2.27. The summed E-state index contributed by atoms with van der Waals surface area (Å²) in [5.41, 5.74) is 2.25. The first-order chi connectivity index (χ1) is 14.2. The minimum absolute atomic E-state index is 0.0419. The van der Waals surface area contributed by atoms with Gasteiger partial charge in [0, 0.05) is 37.6 Å². The number of benzene rings is 2. The Kier molecular flexibility index (Phi) is 5.67. The lowest BCUT2D eigenvalue weighted by Gasteiger charge is -2.34. The van der Waals surface area contributed by atoms with Crippen LogP contribution in [0.5, 0.6) is 0 Å². The number of para-hydroxylation sites is 2. The van der Waals surface area contributed by atoms with E-state index in [9.17, 15) is 9.59 Å². The Morgan fingerprint density at radius 2 is 1.55 bits per heavy atom. The van der Waals surface area contributed by atoms with E-state index in [1.165, 1.54) is 0 Å². The van der Waals surface area contributed by atoms with Gasteiger partial charge in [-0.25, -0.2) is 4.98 Å². The van der Waals surface area contributed by atoms with Crippen molar-refractivity contribution in [1.29, 1.82) is 0 Å². The third-order valence-electron chi connectivity index (χ3n) is 4.98.